The Hall–Kier alpha value is -2.14. The van der Waals surface area contributed by atoms with Gasteiger partial charge in [-0.25, -0.2) is 0 Å². The molecule has 0 bridgehead atoms. The fraction of sp³-hybridized carbons (Fsp3) is 0.438. The van der Waals surface area contributed by atoms with Crippen molar-refractivity contribution in [3.05, 3.63) is 28.8 Å². The maximum absolute atomic E-state index is 12.2. The quantitative estimate of drug-likeness (QED) is 0.750. The number of rotatable bonds is 5. The molecule has 0 radical (unpaired) electrons. The number of nitrogens with one attached hydrogen (secondary N) is 2. The Kier molecular flexibility index (Phi) is 6.55. The summed E-state index contributed by atoms with van der Waals surface area (Å²) in [6.07, 6.45) is 0. The molecule has 1 aromatic rings. The van der Waals surface area contributed by atoms with E-state index in [1.165, 1.54) is 6.07 Å². The van der Waals surface area contributed by atoms with Crippen LogP contribution in [-0.2, 0) is 14.3 Å². The lowest BCUT2D eigenvalue weighted by atomic mass is 10.2. The molecule has 0 spiro atoms. The van der Waals surface area contributed by atoms with Crippen molar-refractivity contribution < 1.29 is 19.2 Å². The van der Waals surface area contributed by atoms with Crippen molar-refractivity contribution in [1.29, 1.82) is 5.26 Å². The fourth-order valence-electron chi connectivity index (χ4n) is 2.43. The van der Waals surface area contributed by atoms with Gasteiger partial charge in [0.25, 0.3) is 11.8 Å². The maximum atomic E-state index is 12.2. The number of likely N-dealkylation sites (N-methyl/N-ethyl adjacent to an activating group) is 1. The maximum Gasteiger partial charge on any atom is 0.279 e. The summed E-state index contributed by atoms with van der Waals surface area (Å²) in [4.78, 5) is 26.8. The Morgan fingerprint density at radius 2 is 2.08 bits per heavy atom. The number of ether oxygens (including phenoxy) is 1. The summed E-state index contributed by atoms with van der Waals surface area (Å²) < 4.78 is 5.22. The molecule has 128 valence electrons. The molecule has 7 nitrogen and oxygen atoms in total. The topological polar surface area (TPSA) is 86.9 Å². The van der Waals surface area contributed by atoms with E-state index in [-0.39, 0.29) is 24.9 Å². The van der Waals surface area contributed by atoms with E-state index in [0.29, 0.717) is 42.6 Å². The Balaban J connectivity index is 1.86. The van der Waals surface area contributed by atoms with Crippen LogP contribution < -0.4 is 10.2 Å². The summed E-state index contributed by atoms with van der Waals surface area (Å²) in [7, 11) is 1.78. The zero-order valence-corrected chi connectivity index (χ0v) is 14.2. The van der Waals surface area contributed by atoms with Gasteiger partial charge >= 0.3 is 0 Å². The Morgan fingerprint density at radius 3 is 2.75 bits per heavy atom. The van der Waals surface area contributed by atoms with E-state index in [9.17, 15) is 9.59 Å². The summed E-state index contributed by atoms with van der Waals surface area (Å²) in [5.41, 5.74) is 0.720. The molecule has 1 heterocycles. The summed E-state index contributed by atoms with van der Waals surface area (Å²) in [6.45, 7) is 2.63. The summed E-state index contributed by atoms with van der Waals surface area (Å²) in [5.74, 6) is -0.273. The molecule has 1 atom stereocenters. The number of hydrogen-bond acceptors (Lipinski definition) is 4. The first-order valence-electron chi connectivity index (χ1n) is 7.66. The highest BCUT2D eigenvalue weighted by atomic mass is 35.5. The number of morpholine rings is 1. The highest BCUT2D eigenvalue weighted by Crippen LogP contribution is 2.20. The van der Waals surface area contributed by atoms with Crippen LogP contribution in [0.5, 0.6) is 0 Å². The van der Waals surface area contributed by atoms with Gasteiger partial charge in [-0.1, -0.05) is 11.6 Å². The molecule has 1 fully saturated rings. The summed E-state index contributed by atoms with van der Waals surface area (Å²) in [5, 5.41) is 12.2. The van der Waals surface area contributed by atoms with Gasteiger partial charge in [-0.05, 0) is 18.2 Å². The van der Waals surface area contributed by atoms with Gasteiger partial charge in [0.2, 0.25) is 0 Å². The van der Waals surface area contributed by atoms with E-state index in [0.717, 1.165) is 4.90 Å². The van der Waals surface area contributed by atoms with E-state index in [1.807, 2.05) is 6.07 Å². The lowest BCUT2D eigenvalue weighted by Crippen LogP contribution is -3.11. The van der Waals surface area contributed by atoms with Crippen LogP contribution in [0, 0.1) is 11.3 Å². The predicted octanol–water partition coefficient (Wildman–Crippen LogP) is -0.476. The van der Waals surface area contributed by atoms with Crippen LogP contribution in [0.1, 0.15) is 5.56 Å². The minimum atomic E-state index is -0.277. The van der Waals surface area contributed by atoms with Crippen molar-refractivity contribution in [2.45, 2.75) is 0 Å². The third-order valence-corrected chi connectivity index (χ3v) is 3.89. The van der Waals surface area contributed by atoms with Crippen molar-refractivity contribution in [1.82, 2.24) is 4.90 Å². The molecule has 0 aliphatic carbocycles. The Morgan fingerprint density at radius 1 is 1.38 bits per heavy atom. The summed E-state index contributed by atoms with van der Waals surface area (Å²) in [6, 6.07) is 6.68. The molecular weight excluding hydrogens is 332 g/mol. The van der Waals surface area contributed by atoms with Crippen molar-refractivity contribution in [2.75, 3.05) is 51.8 Å². The lowest BCUT2D eigenvalue weighted by molar-refractivity contribution is -0.862. The van der Waals surface area contributed by atoms with E-state index >= 15 is 0 Å². The van der Waals surface area contributed by atoms with E-state index in [4.69, 9.17) is 21.6 Å². The van der Waals surface area contributed by atoms with Gasteiger partial charge in [-0.15, -0.1) is 0 Å². The van der Waals surface area contributed by atoms with Crippen LogP contribution >= 0.6 is 11.6 Å². The van der Waals surface area contributed by atoms with Crippen LogP contribution in [0.2, 0.25) is 5.02 Å². The molecule has 1 saturated heterocycles. The highest BCUT2D eigenvalue weighted by molar-refractivity contribution is 6.31. The second-order valence-electron chi connectivity index (χ2n) is 5.65. The first-order chi connectivity index (χ1) is 11.5. The number of hydrogen-bond donors (Lipinski definition) is 2. The minimum absolute atomic E-state index is 0.00377. The van der Waals surface area contributed by atoms with Gasteiger partial charge in [-0.2, -0.15) is 5.26 Å². The average Bonchev–Trinajstić information content (AvgIpc) is 2.55. The van der Waals surface area contributed by atoms with Crippen LogP contribution in [0.25, 0.3) is 0 Å². The molecule has 0 saturated carbocycles. The number of quaternary nitrogens is 1. The number of carbonyl (C=O) groups is 2. The Bertz CT molecular complexity index is 653. The van der Waals surface area contributed by atoms with E-state index in [1.54, 1.807) is 24.1 Å². The molecule has 8 heteroatoms. The number of halogens is 1. The third-order valence-electron chi connectivity index (χ3n) is 3.66. The first kappa shape index (κ1) is 18.2. The van der Waals surface area contributed by atoms with Crippen molar-refractivity contribution in [3.8, 4) is 6.07 Å². The zero-order valence-electron chi connectivity index (χ0n) is 13.5. The highest BCUT2D eigenvalue weighted by Gasteiger charge is 2.21. The van der Waals surface area contributed by atoms with E-state index < -0.39 is 0 Å². The summed E-state index contributed by atoms with van der Waals surface area (Å²) >= 11 is 5.89. The van der Waals surface area contributed by atoms with Gasteiger partial charge in [-0.3, -0.25) is 9.59 Å². The average molecular weight is 352 g/mol. The van der Waals surface area contributed by atoms with Crippen LogP contribution in [0.15, 0.2) is 18.2 Å². The van der Waals surface area contributed by atoms with Gasteiger partial charge < -0.3 is 19.9 Å². The minimum Gasteiger partial charge on any atom is -0.378 e. The molecule has 2 amide bonds. The standard InChI is InChI=1S/C16H19ClN4O3/c1-20(11-16(23)21-4-6-24-7-5-21)10-15(22)19-14-8-13(17)3-2-12(14)9-18/h2-3,8H,4-7,10-11H2,1H3,(H,19,22)/p+1. The molecular formula is C16H20ClN4O3+. The fourth-order valence-corrected chi connectivity index (χ4v) is 2.60. The van der Waals surface area contributed by atoms with Gasteiger partial charge in [0.15, 0.2) is 13.1 Å². The second-order valence-corrected chi connectivity index (χ2v) is 6.09. The monoisotopic (exact) mass is 351 g/mol. The molecule has 1 unspecified atom stereocenters. The number of benzene rings is 1. The van der Waals surface area contributed by atoms with Crippen molar-refractivity contribution >= 4 is 29.1 Å². The van der Waals surface area contributed by atoms with Crippen molar-refractivity contribution in [3.63, 3.8) is 0 Å². The normalized spacial score (nSPS) is 15.5. The van der Waals surface area contributed by atoms with Gasteiger partial charge in [0.1, 0.15) is 6.07 Å². The molecule has 2 rings (SSSR count). The number of nitriles is 1. The number of carbonyl (C=O) groups excluding carboxylic acids is 2. The van der Waals surface area contributed by atoms with Gasteiger partial charge in [0, 0.05) is 18.1 Å². The predicted molar refractivity (Wildman–Crippen MR) is 88.8 cm³/mol. The largest absolute Gasteiger partial charge is 0.378 e. The van der Waals surface area contributed by atoms with Gasteiger partial charge in [0.05, 0.1) is 31.5 Å². The Labute approximate surface area is 145 Å². The zero-order chi connectivity index (χ0) is 17.5. The van der Waals surface area contributed by atoms with Crippen LogP contribution in [0.3, 0.4) is 0 Å². The van der Waals surface area contributed by atoms with Crippen LogP contribution in [0.4, 0.5) is 5.69 Å². The molecule has 1 aliphatic heterocycles. The van der Waals surface area contributed by atoms with E-state index in [2.05, 4.69) is 5.32 Å². The smallest absolute Gasteiger partial charge is 0.279 e. The SMILES string of the molecule is C[NH+](CC(=O)Nc1cc(Cl)ccc1C#N)CC(=O)N1CCOCC1. The van der Waals surface area contributed by atoms with Crippen LogP contribution in [-0.4, -0.2) is 63.2 Å². The molecule has 2 N–H and O–H groups in total. The molecule has 1 aromatic carbocycles. The number of amides is 2. The lowest BCUT2D eigenvalue weighted by Gasteiger charge is -2.27. The second kappa shape index (κ2) is 8.64. The molecule has 1 aliphatic rings. The third kappa shape index (κ3) is 5.20. The molecule has 0 aromatic heterocycles. The number of anilines is 1. The number of nitrogens with zero attached hydrogens (tertiary/aromatic N) is 2. The molecule has 24 heavy (non-hydrogen) atoms. The first-order valence-corrected chi connectivity index (χ1v) is 8.03. The van der Waals surface area contributed by atoms with Crippen molar-refractivity contribution in [2.24, 2.45) is 0 Å².